The fourth-order valence-electron chi connectivity index (χ4n) is 6.17. The molecule has 0 heterocycles. The molecule has 0 saturated heterocycles. The van der Waals surface area contributed by atoms with Crippen molar-refractivity contribution in [3.05, 3.63) is 24.3 Å². The second-order valence-corrected chi connectivity index (χ2v) is 13.8. The SMILES string of the molecule is CCCCC/C=C\C/C=C\CCCCCCCCCC(=O)OC(CCCCCCCCCCCCCCCCC)CCCC(=O)O. The van der Waals surface area contributed by atoms with Gasteiger partial charge in [-0.3, -0.25) is 9.59 Å². The minimum Gasteiger partial charge on any atom is -0.481 e. The Hall–Kier alpha value is -1.58. The van der Waals surface area contributed by atoms with E-state index in [0.717, 1.165) is 32.1 Å². The summed E-state index contributed by atoms with van der Waals surface area (Å²) in [5.41, 5.74) is 0. The van der Waals surface area contributed by atoms with Crippen LogP contribution >= 0.6 is 0 Å². The number of carbonyl (C=O) groups is 2. The lowest BCUT2D eigenvalue weighted by Gasteiger charge is -2.18. The van der Waals surface area contributed by atoms with E-state index in [1.165, 1.54) is 154 Å². The van der Waals surface area contributed by atoms with Gasteiger partial charge in [-0.25, -0.2) is 0 Å². The number of ether oxygens (including phenoxy) is 1. The largest absolute Gasteiger partial charge is 0.481 e. The van der Waals surface area contributed by atoms with Crippen LogP contribution in [-0.2, 0) is 14.3 Å². The first-order chi connectivity index (χ1) is 22.6. The molecule has 270 valence electrons. The summed E-state index contributed by atoms with van der Waals surface area (Å²) in [4.78, 5) is 23.5. The van der Waals surface area contributed by atoms with Gasteiger partial charge in [-0.05, 0) is 64.2 Å². The molecule has 4 heteroatoms. The standard InChI is InChI=1S/C42H78O4/c1-3-5-7-9-11-13-15-17-19-20-22-24-26-28-30-32-34-39-42(45)46-40(37-35-38-41(43)44)36-33-31-29-27-25-23-21-18-16-14-12-10-8-6-4-2/h11,13,17,19,40H,3-10,12,14-16,18,20-39H2,1-2H3,(H,43,44)/b13-11-,19-17-. The summed E-state index contributed by atoms with van der Waals surface area (Å²) >= 11 is 0. The van der Waals surface area contributed by atoms with Crippen molar-refractivity contribution >= 4 is 11.9 Å². The van der Waals surface area contributed by atoms with Crippen molar-refractivity contribution in [2.45, 2.75) is 232 Å². The van der Waals surface area contributed by atoms with Gasteiger partial charge in [0, 0.05) is 12.8 Å². The number of carboxylic acids is 1. The van der Waals surface area contributed by atoms with Crippen LogP contribution in [0.2, 0.25) is 0 Å². The van der Waals surface area contributed by atoms with Gasteiger partial charge < -0.3 is 9.84 Å². The van der Waals surface area contributed by atoms with E-state index in [2.05, 4.69) is 38.2 Å². The zero-order valence-electron chi connectivity index (χ0n) is 30.9. The molecular weight excluding hydrogens is 568 g/mol. The highest BCUT2D eigenvalue weighted by atomic mass is 16.5. The Morgan fingerprint density at radius 3 is 1.37 bits per heavy atom. The summed E-state index contributed by atoms with van der Waals surface area (Å²) in [6.45, 7) is 4.53. The van der Waals surface area contributed by atoms with Gasteiger partial charge in [0.1, 0.15) is 6.10 Å². The molecular formula is C42H78O4. The summed E-state index contributed by atoms with van der Waals surface area (Å²) in [7, 11) is 0. The summed E-state index contributed by atoms with van der Waals surface area (Å²) in [6, 6.07) is 0. The van der Waals surface area contributed by atoms with E-state index in [1.54, 1.807) is 0 Å². The quantitative estimate of drug-likeness (QED) is 0.0414. The number of aliphatic carboxylic acids is 1. The molecule has 0 aromatic rings. The average Bonchev–Trinajstić information content (AvgIpc) is 3.04. The van der Waals surface area contributed by atoms with E-state index < -0.39 is 5.97 Å². The zero-order valence-corrected chi connectivity index (χ0v) is 30.9. The van der Waals surface area contributed by atoms with E-state index in [0.29, 0.717) is 19.3 Å². The van der Waals surface area contributed by atoms with Crippen LogP contribution < -0.4 is 0 Å². The van der Waals surface area contributed by atoms with Crippen molar-refractivity contribution in [3.8, 4) is 0 Å². The molecule has 1 unspecified atom stereocenters. The van der Waals surface area contributed by atoms with Gasteiger partial charge in [0.05, 0.1) is 0 Å². The molecule has 0 fully saturated rings. The molecule has 46 heavy (non-hydrogen) atoms. The van der Waals surface area contributed by atoms with Gasteiger partial charge in [0.15, 0.2) is 0 Å². The van der Waals surface area contributed by atoms with Crippen molar-refractivity contribution in [1.82, 2.24) is 0 Å². The molecule has 0 bridgehead atoms. The lowest BCUT2D eigenvalue weighted by atomic mass is 10.0. The average molecular weight is 647 g/mol. The van der Waals surface area contributed by atoms with E-state index in [1.807, 2.05) is 0 Å². The summed E-state index contributed by atoms with van der Waals surface area (Å²) in [5, 5.41) is 9.03. The van der Waals surface area contributed by atoms with E-state index >= 15 is 0 Å². The van der Waals surface area contributed by atoms with Gasteiger partial charge >= 0.3 is 11.9 Å². The predicted octanol–water partition coefficient (Wildman–Crippen LogP) is 14.0. The highest BCUT2D eigenvalue weighted by Crippen LogP contribution is 2.18. The van der Waals surface area contributed by atoms with Crippen LogP contribution in [0.1, 0.15) is 226 Å². The Labute approximate surface area is 287 Å². The monoisotopic (exact) mass is 647 g/mol. The van der Waals surface area contributed by atoms with Crippen LogP contribution in [-0.4, -0.2) is 23.1 Å². The fraction of sp³-hybridized carbons (Fsp3) is 0.857. The lowest BCUT2D eigenvalue weighted by molar-refractivity contribution is -0.150. The number of carboxylic acid groups (broad SMARTS) is 1. The third-order valence-corrected chi connectivity index (χ3v) is 9.18. The number of rotatable bonds is 37. The third-order valence-electron chi connectivity index (χ3n) is 9.18. The molecule has 4 nitrogen and oxygen atoms in total. The van der Waals surface area contributed by atoms with Crippen molar-refractivity contribution in [3.63, 3.8) is 0 Å². The first kappa shape index (κ1) is 44.4. The topological polar surface area (TPSA) is 63.6 Å². The molecule has 0 aromatic carbocycles. The normalized spacial score (nSPS) is 12.4. The van der Waals surface area contributed by atoms with Gasteiger partial charge in [0.2, 0.25) is 0 Å². The van der Waals surface area contributed by atoms with Crippen LogP contribution in [0.3, 0.4) is 0 Å². The Morgan fingerprint density at radius 1 is 0.478 bits per heavy atom. The van der Waals surface area contributed by atoms with E-state index in [9.17, 15) is 9.59 Å². The molecule has 0 spiro atoms. The maximum atomic E-state index is 12.5. The number of hydrogen-bond donors (Lipinski definition) is 1. The first-order valence-electron chi connectivity index (χ1n) is 20.3. The smallest absolute Gasteiger partial charge is 0.306 e. The molecule has 0 radical (unpaired) electrons. The Bertz CT molecular complexity index is 698. The maximum absolute atomic E-state index is 12.5. The van der Waals surface area contributed by atoms with E-state index in [4.69, 9.17) is 9.84 Å². The van der Waals surface area contributed by atoms with Crippen molar-refractivity contribution in [2.75, 3.05) is 0 Å². The molecule has 0 amide bonds. The molecule has 0 rings (SSSR count). The molecule has 0 saturated carbocycles. The highest BCUT2D eigenvalue weighted by Gasteiger charge is 2.15. The van der Waals surface area contributed by atoms with Crippen LogP contribution in [0.15, 0.2) is 24.3 Å². The molecule has 0 aliphatic heterocycles. The van der Waals surface area contributed by atoms with Gasteiger partial charge in [-0.15, -0.1) is 0 Å². The zero-order chi connectivity index (χ0) is 33.6. The van der Waals surface area contributed by atoms with Crippen LogP contribution in [0.5, 0.6) is 0 Å². The fourth-order valence-corrected chi connectivity index (χ4v) is 6.17. The van der Waals surface area contributed by atoms with Crippen LogP contribution in [0.4, 0.5) is 0 Å². The molecule has 0 aromatic heterocycles. The Morgan fingerprint density at radius 2 is 0.870 bits per heavy atom. The second-order valence-electron chi connectivity index (χ2n) is 13.8. The number of carbonyl (C=O) groups excluding carboxylic acids is 1. The van der Waals surface area contributed by atoms with Crippen LogP contribution in [0.25, 0.3) is 0 Å². The van der Waals surface area contributed by atoms with Crippen molar-refractivity contribution in [1.29, 1.82) is 0 Å². The van der Waals surface area contributed by atoms with Crippen molar-refractivity contribution < 1.29 is 19.4 Å². The molecule has 0 aliphatic carbocycles. The summed E-state index contributed by atoms with van der Waals surface area (Å²) < 4.78 is 5.84. The van der Waals surface area contributed by atoms with Crippen LogP contribution in [0, 0.1) is 0 Å². The molecule has 1 atom stereocenters. The van der Waals surface area contributed by atoms with E-state index in [-0.39, 0.29) is 18.5 Å². The summed E-state index contributed by atoms with van der Waals surface area (Å²) in [6.07, 6.45) is 47.6. The number of unbranched alkanes of at least 4 members (excludes halogenated alkanes) is 24. The maximum Gasteiger partial charge on any atom is 0.306 e. The first-order valence-corrected chi connectivity index (χ1v) is 20.3. The number of allylic oxidation sites excluding steroid dienone is 4. The Balaban J connectivity index is 3.80. The third kappa shape index (κ3) is 36.9. The molecule has 0 aliphatic rings. The minimum absolute atomic E-state index is 0.0936. The highest BCUT2D eigenvalue weighted by molar-refractivity contribution is 5.69. The Kier molecular flexibility index (Phi) is 36.6. The van der Waals surface area contributed by atoms with Gasteiger partial charge in [-0.2, -0.15) is 0 Å². The summed E-state index contributed by atoms with van der Waals surface area (Å²) in [5.74, 6) is -0.863. The minimum atomic E-state index is -0.769. The van der Waals surface area contributed by atoms with Gasteiger partial charge in [0.25, 0.3) is 0 Å². The number of esters is 1. The number of hydrogen-bond acceptors (Lipinski definition) is 3. The predicted molar refractivity (Wildman–Crippen MR) is 200 cm³/mol. The second kappa shape index (κ2) is 37.9. The van der Waals surface area contributed by atoms with Crippen molar-refractivity contribution in [2.24, 2.45) is 0 Å². The lowest BCUT2D eigenvalue weighted by Crippen LogP contribution is -2.18. The molecule has 1 N–H and O–H groups in total. The van der Waals surface area contributed by atoms with Gasteiger partial charge in [-0.1, -0.05) is 173 Å².